The van der Waals surface area contributed by atoms with Crippen molar-refractivity contribution in [3.05, 3.63) is 24.3 Å². The first-order valence-electron chi connectivity index (χ1n) is 4.66. The molecule has 0 saturated carbocycles. The number of thiol groups is 1. The van der Waals surface area contributed by atoms with Crippen LogP contribution in [0.1, 0.15) is 0 Å². The Morgan fingerprint density at radius 2 is 1.88 bits per heavy atom. The largest absolute Gasteiger partial charge is 0.492 e. The molecule has 0 bridgehead atoms. The summed E-state index contributed by atoms with van der Waals surface area (Å²) in [5.41, 5.74) is 0. The van der Waals surface area contributed by atoms with Gasteiger partial charge < -0.3 is 10.1 Å². The predicted octanol–water partition coefficient (Wildman–Crippen LogP) is 2.03. The lowest BCUT2D eigenvalue weighted by molar-refractivity contribution is -0.173. The average molecular weight is 265 g/mol. The van der Waals surface area contributed by atoms with Crippen LogP contribution in [0.3, 0.4) is 0 Å². The molecule has 7 heteroatoms. The first-order valence-corrected chi connectivity index (χ1v) is 5.11. The molecule has 1 amide bonds. The van der Waals surface area contributed by atoms with Crippen molar-refractivity contribution < 1.29 is 22.7 Å². The van der Waals surface area contributed by atoms with Crippen LogP contribution in [0, 0.1) is 0 Å². The first kappa shape index (κ1) is 13.7. The van der Waals surface area contributed by atoms with Crippen LogP contribution in [0.2, 0.25) is 0 Å². The smallest absolute Gasteiger partial charge is 0.471 e. The van der Waals surface area contributed by atoms with Gasteiger partial charge >= 0.3 is 12.1 Å². The maximum atomic E-state index is 11.8. The Balaban J connectivity index is 2.25. The summed E-state index contributed by atoms with van der Waals surface area (Å²) in [4.78, 5) is 11.2. The number of nitrogens with one attached hydrogen (secondary N) is 1. The number of halogens is 3. The van der Waals surface area contributed by atoms with Crippen molar-refractivity contribution in [2.24, 2.45) is 0 Å². The first-order chi connectivity index (χ1) is 7.89. The van der Waals surface area contributed by atoms with Crippen LogP contribution < -0.4 is 10.1 Å². The molecular formula is C10H10F3NO2S. The van der Waals surface area contributed by atoms with E-state index >= 15 is 0 Å². The Morgan fingerprint density at radius 1 is 1.29 bits per heavy atom. The number of rotatable bonds is 4. The quantitative estimate of drug-likeness (QED) is 0.646. The second-order valence-corrected chi connectivity index (χ2v) is 3.61. The van der Waals surface area contributed by atoms with Crippen molar-refractivity contribution in [3.8, 4) is 5.75 Å². The maximum absolute atomic E-state index is 11.8. The molecule has 0 unspecified atom stereocenters. The molecular weight excluding hydrogens is 255 g/mol. The van der Waals surface area contributed by atoms with Gasteiger partial charge in [-0.3, -0.25) is 4.79 Å². The summed E-state index contributed by atoms with van der Waals surface area (Å²) in [6.07, 6.45) is -4.85. The highest BCUT2D eigenvalue weighted by atomic mass is 32.1. The van der Waals surface area contributed by atoms with Gasteiger partial charge in [0.05, 0.1) is 6.54 Å². The van der Waals surface area contributed by atoms with Gasteiger partial charge in [-0.15, -0.1) is 12.6 Å². The molecule has 0 saturated heterocycles. The predicted molar refractivity (Wildman–Crippen MR) is 58.3 cm³/mol. The normalized spacial score (nSPS) is 11.1. The number of alkyl halides is 3. The van der Waals surface area contributed by atoms with E-state index < -0.39 is 12.1 Å². The van der Waals surface area contributed by atoms with Gasteiger partial charge in [0.1, 0.15) is 12.4 Å². The molecule has 3 nitrogen and oxygen atoms in total. The summed E-state index contributed by atoms with van der Waals surface area (Å²) >= 11 is 4.06. The SMILES string of the molecule is O=C(NCCOc1ccc(S)cc1)C(F)(F)F. The zero-order valence-corrected chi connectivity index (χ0v) is 9.52. The molecule has 0 atom stereocenters. The highest BCUT2D eigenvalue weighted by Crippen LogP contribution is 2.15. The lowest BCUT2D eigenvalue weighted by Gasteiger charge is -2.09. The molecule has 0 fully saturated rings. The minimum atomic E-state index is -4.85. The van der Waals surface area contributed by atoms with Crippen molar-refractivity contribution in [3.63, 3.8) is 0 Å². The van der Waals surface area contributed by atoms with Gasteiger partial charge in [0.2, 0.25) is 0 Å². The van der Waals surface area contributed by atoms with Crippen LogP contribution in [0.4, 0.5) is 13.2 Å². The number of hydrogen-bond acceptors (Lipinski definition) is 3. The van der Waals surface area contributed by atoms with Crippen LogP contribution in [-0.4, -0.2) is 25.2 Å². The van der Waals surface area contributed by atoms with E-state index in [1.165, 1.54) is 0 Å². The molecule has 0 aliphatic heterocycles. The molecule has 1 N–H and O–H groups in total. The summed E-state index contributed by atoms with van der Waals surface area (Å²) in [7, 11) is 0. The summed E-state index contributed by atoms with van der Waals surface area (Å²) < 4.78 is 40.5. The number of hydrogen-bond donors (Lipinski definition) is 2. The second-order valence-electron chi connectivity index (χ2n) is 3.10. The highest BCUT2D eigenvalue weighted by molar-refractivity contribution is 7.80. The Labute approximate surface area is 101 Å². The third-order valence-corrected chi connectivity index (χ3v) is 2.05. The molecule has 17 heavy (non-hydrogen) atoms. The van der Waals surface area contributed by atoms with Crippen LogP contribution in [0.5, 0.6) is 5.75 Å². The van der Waals surface area contributed by atoms with E-state index in [9.17, 15) is 18.0 Å². The molecule has 0 aliphatic rings. The van der Waals surface area contributed by atoms with E-state index in [0.29, 0.717) is 5.75 Å². The van der Waals surface area contributed by atoms with Crippen molar-refractivity contribution in [2.45, 2.75) is 11.1 Å². The minimum Gasteiger partial charge on any atom is -0.492 e. The Morgan fingerprint density at radius 3 is 2.41 bits per heavy atom. The molecule has 0 radical (unpaired) electrons. The van der Waals surface area contributed by atoms with Crippen LogP contribution in [0.25, 0.3) is 0 Å². The fraction of sp³-hybridized carbons (Fsp3) is 0.300. The Kier molecular flexibility index (Phi) is 4.68. The van der Waals surface area contributed by atoms with Crippen molar-refractivity contribution in [2.75, 3.05) is 13.2 Å². The van der Waals surface area contributed by atoms with Crippen LogP contribution in [-0.2, 0) is 4.79 Å². The van der Waals surface area contributed by atoms with E-state index in [0.717, 1.165) is 4.90 Å². The number of carbonyl (C=O) groups is 1. The topological polar surface area (TPSA) is 38.3 Å². The monoisotopic (exact) mass is 265 g/mol. The second kappa shape index (κ2) is 5.81. The van der Waals surface area contributed by atoms with Gasteiger partial charge in [-0.05, 0) is 24.3 Å². The van der Waals surface area contributed by atoms with E-state index in [4.69, 9.17) is 4.74 Å². The number of carbonyl (C=O) groups excluding carboxylic acids is 1. The fourth-order valence-electron chi connectivity index (χ4n) is 0.976. The summed E-state index contributed by atoms with van der Waals surface area (Å²) in [6, 6.07) is 6.64. The van der Waals surface area contributed by atoms with Gasteiger partial charge in [0, 0.05) is 4.90 Å². The van der Waals surface area contributed by atoms with Gasteiger partial charge in [-0.1, -0.05) is 0 Å². The zero-order valence-electron chi connectivity index (χ0n) is 8.62. The standard InChI is InChI=1S/C10H10F3NO2S/c11-10(12,13)9(15)14-5-6-16-7-1-3-8(17)4-2-7/h1-4,17H,5-6H2,(H,14,15). The third kappa shape index (κ3) is 4.99. The Hall–Kier alpha value is -1.37. The molecule has 0 heterocycles. The van der Waals surface area contributed by atoms with Gasteiger partial charge in [-0.25, -0.2) is 0 Å². The lowest BCUT2D eigenvalue weighted by Crippen LogP contribution is -2.38. The van der Waals surface area contributed by atoms with Crippen molar-refractivity contribution >= 4 is 18.5 Å². The van der Waals surface area contributed by atoms with Gasteiger partial charge in [0.25, 0.3) is 0 Å². The summed E-state index contributed by atoms with van der Waals surface area (Å²) in [6.45, 7) is -0.241. The van der Waals surface area contributed by atoms with E-state index in [2.05, 4.69) is 12.6 Å². The third-order valence-electron chi connectivity index (χ3n) is 1.75. The number of ether oxygens (including phenoxy) is 1. The summed E-state index contributed by atoms with van der Waals surface area (Å²) in [5.74, 6) is -1.46. The minimum absolute atomic E-state index is 0.0340. The molecule has 0 spiro atoms. The van der Waals surface area contributed by atoms with Gasteiger partial charge in [0.15, 0.2) is 0 Å². The molecule has 1 aromatic carbocycles. The lowest BCUT2D eigenvalue weighted by atomic mass is 10.3. The van der Waals surface area contributed by atoms with Crippen molar-refractivity contribution in [1.29, 1.82) is 0 Å². The van der Waals surface area contributed by atoms with E-state index in [1.54, 1.807) is 29.6 Å². The molecule has 0 aromatic heterocycles. The van der Waals surface area contributed by atoms with Crippen LogP contribution >= 0.6 is 12.6 Å². The van der Waals surface area contributed by atoms with Crippen LogP contribution in [0.15, 0.2) is 29.2 Å². The molecule has 0 aliphatic carbocycles. The molecule has 1 aromatic rings. The molecule has 1 rings (SSSR count). The number of amides is 1. The zero-order chi connectivity index (χ0) is 12.9. The Bertz CT molecular complexity index is 378. The maximum Gasteiger partial charge on any atom is 0.471 e. The van der Waals surface area contributed by atoms with Crippen molar-refractivity contribution in [1.82, 2.24) is 5.32 Å². The van der Waals surface area contributed by atoms with E-state index in [-0.39, 0.29) is 13.2 Å². The summed E-state index contributed by atoms with van der Waals surface area (Å²) in [5, 5.41) is 1.70. The fourth-order valence-corrected chi connectivity index (χ4v) is 1.13. The van der Waals surface area contributed by atoms with Gasteiger partial charge in [-0.2, -0.15) is 13.2 Å². The highest BCUT2D eigenvalue weighted by Gasteiger charge is 2.38. The number of benzene rings is 1. The van der Waals surface area contributed by atoms with E-state index in [1.807, 2.05) is 0 Å². The molecule has 94 valence electrons. The average Bonchev–Trinajstić information content (AvgIpc) is 2.25.